The Morgan fingerprint density at radius 2 is 1.54 bits per heavy atom. The van der Waals surface area contributed by atoms with Gasteiger partial charge in [0, 0.05) is 13.1 Å². The molecule has 0 aromatic rings. The molecule has 156 valence electrons. The highest BCUT2D eigenvalue weighted by Gasteiger charge is 2.21. The molecule has 1 N–H and O–H groups in total. The topological polar surface area (TPSA) is 83.9 Å². The molecule has 0 saturated heterocycles. The van der Waals surface area contributed by atoms with Crippen LogP contribution < -0.4 is 0 Å². The molecule has 0 aromatic carbocycles. The Morgan fingerprint density at radius 3 is 2.00 bits per heavy atom. The number of nitrogens with zero attached hydrogens (tertiary/aromatic N) is 1. The number of carbonyl (C=O) groups is 1. The molecule has 1 amide bonds. The summed E-state index contributed by atoms with van der Waals surface area (Å²) in [6, 6.07) is 0. The number of carboxylic acid groups (broad SMARTS) is 1. The first-order chi connectivity index (χ1) is 12.3. The van der Waals surface area contributed by atoms with Crippen LogP contribution in [0.1, 0.15) is 79.1 Å². The molecule has 2 atom stereocenters. The van der Waals surface area contributed by atoms with Crippen molar-refractivity contribution in [2.24, 2.45) is 11.8 Å². The average Bonchev–Trinajstić information content (AvgIpc) is 2.61. The molecule has 26 heavy (non-hydrogen) atoms. The molecule has 2 unspecified atom stereocenters. The van der Waals surface area contributed by atoms with E-state index in [1.54, 1.807) is 0 Å². The average molecular weight is 394 g/mol. The summed E-state index contributed by atoms with van der Waals surface area (Å²) in [5.74, 6) is 0.222. The zero-order valence-electron chi connectivity index (χ0n) is 17.1. The number of rotatable bonds is 16. The van der Waals surface area contributed by atoms with Gasteiger partial charge in [0.15, 0.2) is 0 Å². The fourth-order valence-corrected chi connectivity index (χ4v) is 3.83. The molecule has 0 aromatic heterocycles. The first kappa shape index (κ1) is 25.2. The lowest BCUT2D eigenvalue weighted by Crippen LogP contribution is -2.38. The van der Waals surface area contributed by atoms with Crippen LogP contribution in [0.15, 0.2) is 0 Å². The largest absolute Gasteiger partial charge is 0.465 e. The number of hydrogen-bond donors (Lipinski definition) is 1. The first-order valence-corrected chi connectivity index (χ1v) is 11.7. The van der Waals surface area contributed by atoms with Crippen LogP contribution in [-0.4, -0.2) is 50.0 Å². The van der Waals surface area contributed by atoms with Gasteiger partial charge in [0.25, 0.3) is 10.1 Å². The minimum atomic E-state index is -3.70. The second kappa shape index (κ2) is 14.3. The molecule has 7 heteroatoms. The number of hydrogen-bond acceptors (Lipinski definition) is 4. The molecule has 6 nitrogen and oxygen atoms in total. The molecule has 0 fully saturated rings. The van der Waals surface area contributed by atoms with Crippen molar-refractivity contribution in [2.75, 3.05) is 25.4 Å². The van der Waals surface area contributed by atoms with Crippen molar-refractivity contribution in [3.8, 4) is 0 Å². The van der Waals surface area contributed by atoms with E-state index in [0.29, 0.717) is 6.54 Å². The van der Waals surface area contributed by atoms with Gasteiger partial charge in [-0.15, -0.1) is 0 Å². The summed E-state index contributed by atoms with van der Waals surface area (Å²) in [5.41, 5.74) is 0. The molecule has 0 bridgehead atoms. The van der Waals surface area contributed by atoms with Crippen molar-refractivity contribution in [1.29, 1.82) is 0 Å². The van der Waals surface area contributed by atoms with Crippen LogP contribution >= 0.6 is 0 Å². The SMILES string of the molecule is CCCCC(CC)COS(=O)(=O)CCN(CC(CC)CCCC)C(=O)O. The predicted octanol–water partition coefficient (Wildman–Crippen LogP) is 4.75. The summed E-state index contributed by atoms with van der Waals surface area (Å²) in [4.78, 5) is 12.7. The second-order valence-corrected chi connectivity index (χ2v) is 8.87. The molecule has 0 spiro atoms. The van der Waals surface area contributed by atoms with Crippen molar-refractivity contribution in [3.63, 3.8) is 0 Å². The van der Waals surface area contributed by atoms with E-state index in [0.717, 1.165) is 51.4 Å². The van der Waals surface area contributed by atoms with Gasteiger partial charge in [0.1, 0.15) is 0 Å². The third kappa shape index (κ3) is 11.7. The first-order valence-electron chi connectivity index (χ1n) is 10.1. The van der Waals surface area contributed by atoms with Gasteiger partial charge >= 0.3 is 6.09 Å². The van der Waals surface area contributed by atoms with Gasteiger partial charge in [-0.1, -0.05) is 66.2 Å². The highest BCUT2D eigenvalue weighted by Crippen LogP contribution is 2.16. The van der Waals surface area contributed by atoms with E-state index in [4.69, 9.17) is 4.18 Å². The molecule has 0 aliphatic carbocycles. The summed E-state index contributed by atoms with van der Waals surface area (Å²) in [6.07, 6.45) is 6.90. The lowest BCUT2D eigenvalue weighted by atomic mass is 9.99. The third-order valence-corrected chi connectivity index (χ3v) is 6.11. The molecule has 0 heterocycles. The Balaban J connectivity index is 4.53. The molecule has 0 saturated carbocycles. The van der Waals surface area contributed by atoms with E-state index in [-0.39, 0.29) is 30.7 Å². The number of amides is 1. The molecule has 0 radical (unpaired) electrons. The van der Waals surface area contributed by atoms with Crippen LogP contribution in [0.2, 0.25) is 0 Å². The highest BCUT2D eigenvalue weighted by molar-refractivity contribution is 7.86. The minimum absolute atomic E-state index is 0.0357. The summed E-state index contributed by atoms with van der Waals surface area (Å²) in [6.45, 7) is 8.83. The van der Waals surface area contributed by atoms with Gasteiger partial charge < -0.3 is 10.0 Å². The third-order valence-electron chi connectivity index (χ3n) is 4.93. The minimum Gasteiger partial charge on any atom is -0.465 e. The lowest BCUT2D eigenvalue weighted by Gasteiger charge is -2.24. The van der Waals surface area contributed by atoms with Crippen molar-refractivity contribution in [2.45, 2.75) is 79.1 Å². The van der Waals surface area contributed by atoms with E-state index >= 15 is 0 Å². The Bertz CT molecular complexity index is 467. The smallest absolute Gasteiger partial charge is 0.407 e. The van der Waals surface area contributed by atoms with E-state index in [1.807, 2.05) is 13.8 Å². The summed E-state index contributed by atoms with van der Waals surface area (Å²) >= 11 is 0. The predicted molar refractivity (Wildman–Crippen MR) is 106 cm³/mol. The monoisotopic (exact) mass is 393 g/mol. The quantitative estimate of drug-likeness (QED) is 0.383. The summed E-state index contributed by atoms with van der Waals surface area (Å²) in [5, 5.41) is 9.38. The zero-order valence-corrected chi connectivity index (χ0v) is 17.9. The van der Waals surface area contributed by atoms with E-state index in [9.17, 15) is 18.3 Å². The molecular formula is C19H39NO5S. The normalized spacial score (nSPS) is 14.2. The van der Waals surface area contributed by atoms with Crippen LogP contribution in [0.5, 0.6) is 0 Å². The van der Waals surface area contributed by atoms with Crippen molar-refractivity contribution < 1.29 is 22.5 Å². The van der Waals surface area contributed by atoms with Crippen LogP contribution in [0.25, 0.3) is 0 Å². The van der Waals surface area contributed by atoms with Gasteiger partial charge in [0.2, 0.25) is 0 Å². The van der Waals surface area contributed by atoms with E-state index in [1.165, 1.54) is 4.90 Å². The van der Waals surface area contributed by atoms with Gasteiger partial charge in [-0.3, -0.25) is 4.18 Å². The molecule has 0 aliphatic heterocycles. The van der Waals surface area contributed by atoms with Gasteiger partial charge in [-0.05, 0) is 24.7 Å². The fourth-order valence-electron chi connectivity index (χ4n) is 2.87. The maximum atomic E-state index is 12.1. The summed E-state index contributed by atoms with van der Waals surface area (Å²) in [7, 11) is -3.70. The Kier molecular flexibility index (Phi) is 13.8. The summed E-state index contributed by atoms with van der Waals surface area (Å²) < 4.78 is 29.4. The Morgan fingerprint density at radius 1 is 1.00 bits per heavy atom. The second-order valence-electron chi connectivity index (χ2n) is 7.11. The van der Waals surface area contributed by atoms with Crippen molar-refractivity contribution in [3.05, 3.63) is 0 Å². The molecular weight excluding hydrogens is 354 g/mol. The van der Waals surface area contributed by atoms with Crippen LogP contribution in [-0.2, 0) is 14.3 Å². The van der Waals surface area contributed by atoms with Crippen LogP contribution in [0, 0.1) is 11.8 Å². The standard InChI is InChI=1S/C19H39NO5S/c1-5-9-11-17(7-3)15-20(19(21)22)13-14-26(23,24)25-16-18(8-4)12-10-6-2/h17-18H,5-16H2,1-4H3,(H,21,22). The Hall–Kier alpha value is -0.820. The molecule has 0 aliphatic rings. The van der Waals surface area contributed by atoms with Gasteiger partial charge in [0.05, 0.1) is 12.4 Å². The maximum absolute atomic E-state index is 12.1. The zero-order chi connectivity index (χ0) is 20.0. The van der Waals surface area contributed by atoms with Crippen LogP contribution in [0.4, 0.5) is 4.79 Å². The van der Waals surface area contributed by atoms with Crippen LogP contribution in [0.3, 0.4) is 0 Å². The lowest BCUT2D eigenvalue weighted by molar-refractivity contribution is 0.137. The van der Waals surface area contributed by atoms with Crippen molar-refractivity contribution in [1.82, 2.24) is 4.90 Å². The Labute approximate surface area is 160 Å². The molecule has 0 rings (SSSR count). The number of unbranched alkanes of at least 4 members (excludes halogenated alkanes) is 2. The fraction of sp³-hybridized carbons (Fsp3) is 0.947. The maximum Gasteiger partial charge on any atom is 0.407 e. The van der Waals surface area contributed by atoms with E-state index in [2.05, 4.69) is 13.8 Å². The van der Waals surface area contributed by atoms with Crippen molar-refractivity contribution >= 4 is 16.2 Å². The van der Waals surface area contributed by atoms with E-state index < -0.39 is 16.2 Å². The highest BCUT2D eigenvalue weighted by atomic mass is 32.2. The van der Waals surface area contributed by atoms with Gasteiger partial charge in [-0.2, -0.15) is 8.42 Å². The van der Waals surface area contributed by atoms with Gasteiger partial charge in [-0.25, -0.2) is 4.79 Å².